The number of anilines is 1. The van der Waals surface area contributed by atoms with Crippen LogP contribution in [0.2, 0.25) is 0 Å². The molecule has 0 aliphatic carbocycles. The zero-order valence-corrected chi connectivity index (χ0v) is 13.0. The molecule has 0 aromatic heterocycles. The first-order valence-corrected chi connectivity index (χ1v) is 8.60. The second-order valence-electron chi connectivity index (χ2n) is 5.39. The maximum Gasteiger partial charge on any atom is 0.286 e. The van der Waals surface area contributed by atoms with Crippen LogP contribution in [-0.4, -0.2) is 63.3 Å². The summed E-state index contributed by atoms with van der Waals surface area (Å²) in [6, 6.07) is 6.83. The maximum atomic E-state index is 12.2. The van der Waals surface area contributed by atoms with Gasteiger partial charge in [-0.2, -0.15) is 8.42 Å². The number of benzene rings is 1. The molecule has 22 heavy (non-hydrogen) atoms. The van der Waals surface area contributed by atoms with Crippen molar-refractivity contribution in [2.75, 3.05) is 44.6 Å². The summed E-state index contributed by atoms with van der Waals surface area (Å²) < 4.78 is 28.3. The number of sulfonamides is 1. The lowest BCUT2D eigenvalue weighted by atomic mass is 10.3. The van der Waals surface area contributed by atoms with Gasteiger partial charge in [-0.1, -0.05) is 18.1 Å². The molecule has 2 aliphatic heterocycles. The molecule has 0 bridgehead atoms. The highest BCUT2D eigenvalue weighted by Gasteiger charge is 2.26. The average molecular weight is 318 g/mol. The average Bonchev–Trinajstić information content (AvgIpc) is 2.49. The van der Waals surface area contributed by atoms with Gasteiger partial charge < -0.3 is 5.32 Å². The fourth-order valence-corrected chi connectivity index (χ4v) is 3.82. The molecule has 0 amide bonds. The number of nitrogens with zero attached hydrogens (tertiary/aromatic N) is 3. The van der Waals surface area contributed by atoms with Gasteiger partial charge in [0.2, 0.25) is 0 Å². The van der Waals surface area contributed by atoms with Crippen LogP contribution >= 0.6 is 0 Å². The summed E-state index contributed by atoms with van der Waals surface area (Å²) >= 11 is 0. The molecule has 1 aromatic rings. The molecule has 1 aromatic carbocycles. The van der Waals surface area contributed by atoms with E-state index in [-0.39, 0.29) is 4.90 Å². The minimum Gasteiger partial charge on any atom is -0.341 e. The second-order valence-corrected chi connectivity index (χ2v) is 6.96. The molecule has 0 radical (unpaired) electrons. The first kappa shape index (κ1) is 15.0. The summed E-state index contributed by atoms with van der Waals surface area (Å²) in [5, 5.41) is 3.12. The van der Waals surface area contributed by atoms with Crippen molar-refractivity contribution in [1.29, 1.82) is 0 Å². The van der Waals surface area contributed by atoms with Crippen molar-refractivity contribution in [2.45, 2.75) is 4.90 Å². The van der Waals surface area contributed by atoms with Crippen LogP contribution in [0.5, 0.6) is 0 Å². The third-order valence-corrected chi connectivity index (χ3v) is 5.20. The van der Waals surface area contributed by atoms with E-state index >= 15 is 0 Å². The van der Waals surface area contributed by atoms with Crippen molar-refractivity contribution in [2.24, 2.45) is 4.40 Å². The third-order valence-electron chi connectivity index (χ3n) is 3.83. The Labute approximate surface area is 130 Å². The van der Waals surface area contributed by atoms with Crippen LogP contribution in [0.4, 0.5) is 5.69 Å². The largest absolute Gasteiger partial charge is 0.341 e. The summed E-state index contributed by atoms with van der Waals surface area (Å²) in [5.41, 5.74) is 0.596. The highest BCUT2D eigenvalue weighted by molar-refractivity contribution is 7.90. The molecule has 3 rings (SSSR count). The SMILES string of the molecule is C#CCN1CCN(CC2=NS(=O)(=O)c3ccccc3N2)CC1. The van der Waals surface area contributed by atoms with Crippen molar-refractivity contribution in [3.05, 3.63) is 24.3 Å². The molecular formula is C15H18N4O2S. The molecule has 1 fully saturated rings. The molecule has 116 valence electrons. The van der Waals surface area contributed by atoms with E-state index in [1.807, 2.05) is 6.07 Å². The summed E-state index contributed by atoms with van der Waals surface area (Å²) in [5.74, 6) is 3.12. The summed E-state index contributed by atoms with van der Waals surface area (Å²) in [6.45, 7) is 4.64. The predicted molar refractivity (Wildman–Crippen MR) is 86.4 cm³/mol. The minimum atomic E-state index is -3.60. The molecule has 1 saturated heterocycles. The number of terminal acetylenes is 1. The van der Waals surface area contributed by atoms with Gasteiger partial charge in [0.1, 0.15) is 10.7 Å². The van der Waals surface area contributed by atoms with Crippen LogP contribution in [0.3, 0.4) is 0 Å². The van der Waals surface area contributed by atoms with Gasteiger partial charge in [-0.3, -0.25) is 9.80 Å². The Kier molecular flexibility index (Phi) is 4.16. The second kappa shape index (κ2) is 6.08. The van der Waals surface area contributed by atoms with Gasteiger partial charge in [-0.25, -0.2) is 0 Å². The number of rotatable bonds is 3. The molecule has 0 unspecified atom stereocenters. The zero-order valence-electron chi connectivity index (χ0n) is 12.2. The Morgan fingerprint density at radius 2 is 1.86 bits per heavy atom. The molecule has 2 aliphatic rings. The lowest BCUT2D eigenvalue weighted by molar-refractivity contribution is 0.159. The topological polar surface area (TPSA) is 65.0 Å². The minimum absolute atomic E-state index is 0.234. The Morgan fingerprint density at radius 3 is 2.59 bits per heavy atom. The molecule has 0 saturated carbocycles. The van der Waals surface area contributed by atoms with E-state index in [9.17, 15) is 8.42 Å². The highest BCUT2D eigenvalue weighted by Crippen LogP contribution is 2.26. The van der Waals surface area contributed by atoms with Gasteiger partial charge in [-0.05, 0) is 12.1 Å². The lowest BCUT2D eigenvalue weighted by Gasteiger charge is -2.34. The monoisotopic (exact) mass is 318 g/mol. The Morgan fingerprint density at radius 1 is 1.18 bits per heavy atom. The van der Waals surface area contributed by atoms with E-state index in [1.165, 1.54) is 0 Å². The smallest absolute Gasteiger partial charge is 0.286 e. The molecule has 0 spiro atoms. The van der Waals surface area contributed by atoms with Crippen LogP contribution in [-0.2, 0) is 10.0 Å². The van der Waals surface area contributed by atoms with Gasteiger partial charge in [0.15, 0.2) is 0 Å². The molecule has 7 heteroatoms. The van der Waals surface area contributed by atoms with Gasteiger partial charge in [0.25, 0.3) is 10.0 Å². The number of para-hydroxylation sites is 1. The van der Waals surface area contributed by atoms with Gasteiger partial charge in [0.05, 0.1) is 18.8 Å². The number of fused-ring (bicyclic) bond motifs is 1. The number of nitrogens with one attached hydrogen (secondary N) is 1. The van der Waals surface area contributed by atoms with E-state index in [0.29, 0.717) is 24.6 Å². The van der Waals surface area contributed by atoms with Crippen molar-refractivity contribution < 1.29 is 8.42 Å². The summed E-state index contributed by atoms with van der Waals surface area (Å²) in [6.07, 6.45) is 5.32. The maximum absolute atomic E-state index is 12.2. The molecule has 2 heterocycles. The Hall–Kier alpha value is -1.88. The number of amidine groups is 1. The van der Waals surface area contributed by atoms with E-state index < -0.39 is 10.0 Å². The zero-order chi connectivity index (χ0) is 15.6. The Balaban J connectivity index is 1.68. The Bertz CT molecular complexity index is 728. The van der Waals surface area contributed by atoms with Gasteiger partial charge in [0, 0.05) is 26.2 Å². The first-order valence-electron chi connectivity index (χ1n) is 7.16. The van der Waals surface area contributed by atoms with Crippen molar-refractivity contribution in [1.82, 2.24) is 9.80 Å². The van der Waals surface area contributed by atoms with Crippen molar-refractivity contribution in [3.63, 3.8) is 0 Å². The molecule has 0 atom stereocenters. The van der Waals surface area contributed by atoms with E-state index in [1.54, 1.807) is 18.2 Å². The summed E-state index contributed by atoms with van der Waals surface area (Å²) in [7, 11) is -3.60. The van der Waals surface area contributed by atoms with E-state index in [2.05, 4.69) is 25.4 Å². The standard InChI is InChI=1S/C15H18N4O2S/c1-2-7-18-8-10-19(11-9-18)12-15-16-13-5-3-4-6-14(13)22(20,21)17-15/h1,3-6H,7-12H2,(H,16,17). The van der Waals surface area contributed by atoms with E-state index in [4.69, 9.17) is 6.42 Å². The highest BCUT2D eigenvalue weighted by atomic mass is 32.2. The fraction of sp³-hybridized carbons (Fsp3) is 0.400. The molecular weight excluding hydrogens is 300 g/mol. The number of hydrogen-bond acceptors (Lipinski definition) is 5. The van der Waals surface area contributed by atoms with E-state index in [0.717, 1.165) is 26.2 Å². The fourth-order valence-electron chi connectivity index (χ4n) is 2.68. The van der Waals surface area contributed by atoms with Gasteiger partial charge in [-0.15, -0.1) is 10.8 Å². The molecule has 6 nitrogen and oxygen atoms in total. The normalized spacial score (nSPS) is 21.3. The molecule has 1 N–H and O–H groups in total. The number of hydrogen-bond donors (Lipinski definition) is 1. The van der Waals surface area contributed by atoms with Crippen LogP contribution in [0.15, 0.2) is 33.6 Å². The number of piperazine rings is 1. The predicted octanol–water partition coefficient (Wildman–Crippen LogP) is 0.450. The van der Waals surface area contributed by atoms with Crippen LogP contribution in [0, 0.1) is 12.3 Å². The van der Waals surface area contributed by atoms with Crippen molar-refractivity contribution in [3.8, 4) is 12.3 Å². The van der Waals surface area contributed by atoms with Gasteiger partial charge >= 0.3 is 0 Å². The summed E-state index contributed by atoms with van der Waals surface area (Å²) in [4.78, 5) is 4.62. The van der Waals surface area contributed by atoms with Crippen LogP contribution in [0.25, 0.3) is 0 Å². The third kappa shape index (κ3) is 3.14. The first-order chi connectivity index (χ1) is 10.6. The van der Waals surface area contributed by atoms with Crippen molar-refractivity contribution >= 4 is 21.5 Å². The van der Waals surface area contributed by atoms with Crippen LogP contribution in [0.1, 0.15) is 0 Å². The van der Waals surface area contributed by atoms with Crippen LogP contribution < -0.4 is 5.32 Å². The lowest BCUT2D eigenvalue weighted by Crippen LogP contribution is -2.49. The quantitative estimate of drug-likeness (QED) is 0.820.